The lowest BCUT2D eigenvalue weighted by Gasteiger charge is -2.10. The zero-order chi connectivity index (χ0) is 17.9. The molecule has 0 atom stereocenters. The van der Waals surface area contributed by atoms with Crippen molar-refractivity contribution in [1.29, 1.82) is 0 Å². The highest BCUT2D eigenvalue weighted by Gasteiger charge is 2.15. The smallest absolute Gasteiger partial charge is 0.282 e. The molecule has 0 bridgehead atoms. The summed E-state index contributed by atoms with van der Waals surface area (Å²) >= 11 is 0. The van der Waals surface area contributed by atoms with Gasteiger partial charge in [-0.05, 0) is 48.1 Å². The quantitative estimate of drug-likeness (QED) is 0.678. The largest absolute Gasteiger partial charge is 0.294 e. The van der Waals surface area contributed by atoms with E-state index >= 15 is 0 Å². The van der Waals surface area contributed by atoms with Crippen LogP contribution in [0.1, 0.15) is 16.7 Å². The van der Waals surface area contributed by atoms with Crippen LogP contribution >= 0.6 is 0 Å². The van der Waals surface area contributed by atoms with E-state index in [2.05, 4.69) is 24.3 Å². The van der Waals surface area contributed by atoms with Gasteiger partial charge in [0.05, 0.1) is 4.90 Å². The third kappa shape index (κ3) is 4.35. The fraction of sp³-hybridized carbons (Fsp3) is 0.143. The van der Waals surface area contributed by atoms with Gasteiger partial charge in [-0.15, -0.1) is 0 Å². The van der Waals surface area contributed by atoms with Gasteiger partial charge in [-0.2, -0.15) is 8.42 Å². The summed E-state index contributed by atoms with van der Waals surface area (Å²) < 4.78 is 32.6. The van der Waals surface area contributed by atoms with Gasteiger partial charge in [0.25, 0.3) is 10.1 Å². The summed E-state index contributed by atoms with van der Waals surface area (Å²) in [4.78, 5) is -0.00249. The second-order valence-electron chi connectivity index (χ2n) is 6.15. The van der Waals surface area contributed by atoms with Crippen molar-refractivity contribution in [3.63, 3.8) is 0 Å². The van der Waals surface area contributed by atoms with Crippen LogP contribution in [-0.2, 0) is 23.0 Å². The number of rotatable bonds is 5. The molecule has 4 heteroatoms. The van der Waals surface area contributed by atoms with Crippen molar-refractivity contribution >= 4 is 10.1 Å². The molecule has 0 saturated heterocycles. The van der Waals surface area contributed by atoms with Gasteiger partial charge >= 0.3 is 0 Å². The lowest BCUT2D eigenvalue weighted by Crippen LogP contribution is -2.05. The summed E-state index contributed by atoms with van der Waals surface area (Å²) in [7, 11) is -4.21. The van der Waals surface area contributed by atoms with Crippen molar-refractivity contribution in [2.24, 2.45) is 0 Å². The zero-order valence-electron chi connectivity index (χ0n) is 14.0. The third-order valence-corrected chi connectivity index (χ3v) is 5.17. The van der Waals surface area contributed by atoms with Crippen LogP contribution in [0.5, 0.6) is 0 Å². The van der Waals surface area contributed by atoms with Gasteiger partial charge in [0, 0.05) is 0 Å². The molecule has 0 radical (unpaired) electrons. The van der Waals surface area contributed by atoms with Gasteiger partial charge in [0.2, 0.25) is 0 Å². The molecule has 0 aliphatic heterocycles. The molecule has 3 nitrogen and oxygen atoms in total. The fourth-order valence-electron chi connectivity index (χ4n) is 2.97. The molecule has 128 valence electrons. The molecule has 0 amide bonds. The van der Waals surface area contributed by atoms with Crippen LogP contribution in [0.25, 0.3) is 11.1 Å². The highest BCUT2D eigenvalue weighted by molar-refractivity contribution is 7.85. The van der Waals surface area contributed by atoms with E-state index in [-0.39, 0.29) is 4.90 Å². The summed E-state index contributed by atoms with van der Waals surface area (Å²) in [5.41, 5.74) is 5.04. The van der Waals surface area contributed by atoms with Crippen molar-refractivity contribution in [3.05, 3.63) is 89.5 Å². The van der Waals surface area contributed by atoms with Crippen LogP contribution in [0.15, 0.2) is 77.7 Å². The molecule has 0 aliphatic rings. The third-order valence-electron chi connectivity index (χ3n) is 4.21. The van der Waals surface area contributed by atoms with Crippen LogP contribution in [0.3, 0.4) is 0 Å². The standard InChI is InChI=1S/C21H20O3S/c1-16-10-13-21(25(22,23)24)20(14-16)12-11-17-6-5-9-19(15-17)18-7-3-2-4-8-18/h2-10,13-15H,11-12H2,1H3,(H,22,23,24). The van der Waals surface area contributed by atoms with E-state index in [1.54, 1.807) is 6.07 Å². The van der Waals surface area contributed by atoms with Crippen LogP contribution in [0, 0.1) is 6.92 Å². The molecule has 0 spiro atoms. The Kier molecular flexibility index (Phi) is 5.02. The van der Waals surface area contributed by atoms with E-state index in [9.17, 15) is 13.0 Å². The minimum Gasteiger partial charge on any atom is -0.282 e. The van der Waals surface area contributed by atoms with E-state index < -0.39 is 10.1 Å². The van der Waals surface area contributed by atoms with Gasteiger partial charge < -0.3 is 0 Å². The molecule has 3 aromatic carbocycles. The Bertz CT molecular complexity index is 977. The maximum Gasteiger partial charge on any atom is 0.294 e. The summed E-state index contributed by atoms with van der Waals surface area (Å²) in [6, 6.07) is 23.4. The van der Waals surface area contributed by atoms with Crippen molar-refractivity contribution < 1.29 is 13.0 Å². The molecule has 0 aliphatic carbocycles. The average molecular weight is 352 g/mol. The Balaban J connectivity index is 1.85. The SMILES string of the molecule is Cc1ccc(S(=O)(=O)O)c(CCc2cccc(-c3ccccc3)c2)c1. The Labute approximate surface area is 148 Å². The van der Waals surface area contributed by atoms with E-state index in [0.29, 0.717) is 18.4 Å². The molecule has 0 unspecified atom stereocenters. The highest BCUT2D eigenvalue weighted by Crippen LogP contribution is 2.23. The molecular weight excluding hydrogens is 332 g/mol. The Hall–Kier alpha value is -2.43. The van der Waals surface area contributed by atoms with Crippen molar-refractivity contribution in [3.8, 4) is 11.1 Å². The summed E-state index contributed by atoms with van der Waals surface area (Å²) in [5.74, 6) is 0. The first kappa shape index (κ1) is 17.4. The topological polar surface area (TPSA) is 54.4 Å². The Morgan fingerprint density at radius 1 is 0.800 bits per heavy atom. The van der Waals surface area contributed by atoms with E-state index in [0.717, 1.165) is 22.3 Å². The first-order valence-electron chi connectivity index (χ1n) is 8.15. The van der Waals surface area contributed by atoms with Gasteiger partial charge in [0.15, 0.2) is 0 Å². The highest BCUT2D eigenvalue weighted by atomic mass is 32.2. The summed E-state index contributed by atoms with van der Waals surface area (Å²) in [6.07, 6.45) is 1.25. The molecule has 0 saturated carbocycles. The predicted molar refractivity (Wildman–Crippen MR) is 100 cm³/mol. The van der Waals surface area contributed by atoms with Gasteiger partial charge in [0.1, 0.15) is 0 Å². The van der Waals surface area contributed by atoms with Crippen molar-refractivity contribution in [2.75, 3.05) is 0 Å². The van der Waals surface area contributed by atoms with Crippen LogP contribution < -0.4 is 0 Å². The lowest BCUT2D eigenvalue weighted by atomic mass is 9.99. The second-order valence-corrected chi connectivity index (χ2v) is 7.54. The van der Waals surface area contributed by atoms with Gasteiger partial charge in [-0.3, -0.25) is 4.55 Å². The monoisotopic (exact) mass is 352 g/mol. The minimum atomic E-state index is -4.21. The van der Waals surface area contributed by atoms with Crippen molar-refractivity contribution in [1.82, 2.24) is 0 Å². The molecule has 3 aromatic rings. The maximum absolute atomic E-state index is 11.6. The number of aryl methyl sites for hydroxylation is 3. The lowest BCUT2D eigenvalue weighted by molar-refractivity contribution is 0.482. The zero-order valence-corrected chi connectivity index (χ0v) is 14.8. The summed E-state index contributed by atoms with van der Waals surface area (Å²) in [5, 5.41) is 0. The molecule has 1 N–H and O–H groups in total. The molecule has 3 rings (SSSR count). The second kappa shape index (κ2) is 7.21. The van der Waals surface area contributed by atoms with Crippen LogP contribution in [-0.4, -0.2) is 13.0 Å². The molecule has 25 heavy (non-hydrogen) atoms. The number of hydrogen-bond donors (Lipinski definition) is 1. The van der Waals surface area contributed by atoms with E-state index in [4.69, 9.17) is 0 Å². The fourth-order valence-corrected chi connectivity index (χ4v) is 3.70. The molecular formula is C21H20O3S. The van der Waals surface area contributed by atoms with Crippen LogP contribution in [0.4, 0.5) is 0 Å². The predicted octanol–water partition coefficient (Wildman–Crippen LogP) is 4.69. The normalized spacial score (nSPS) is 11.4. The molecule has 0 heterocycles. The van der Waals surface area contributed by atoms with E-state index in [1.807, 2.05) is 43.3 Å². The molecule has 0 fully saturated rings. The first-order chi connectivity index (χ1) is 11.9. The van der Waals surface area contributed by atoms with Crippen molar-refractivity contribution in [2.45, 2.75) is 24.7 Å². The minimum absolute atomic E-state index is 0.00249. The van der Waals surface area contributed by atoms with Gasteiger partial charge in [-0.1, -0.05) is 72.3 Å². The van der Waals surface area contributed by atoms with Crippen LogP contribution in [0.2, 0.25) is 0 Å². The maximum atomic E-state index is 11.6. The van der Waals surface area contributed by atoms with Gasteiger partial charge in [-0.25, -0.2) is 0 Å². The Morgan fingerprint density at radius 2 is 1.52 bits per heavy atom. The Morgan fingerprint density at radius 3 is 2.24 bits per heavy atom. The number of benzene rings is 3. The summed E-state index contributed by atoms with van der Waals surface area (Å²) in [6.45, 7) is 1.91. The first-order valence-corrected chi connectivity index (χ1v) is 9.59. The average Bonchev–Trinajstić information content (AvgIpc) is 2.60. The number of hydrogen-bond acceptors (Lipinski definition) is 2. The van der Waals surface area contributed by atoms with E-state index in [1.165, 1.54) is 6.07 Å². The molecule has 0 aromatic heterocycles.